The SMILES string of the molecule is CCOC(=O)C1=C(C(=O)O)NC(C=C=O)=C(OC)C1c1cccc(Cl)c1Cl. The van der Waals surface area contributed by atoms with Gasteiger partial charge in [-0.1, -0.05) is 35.3 Å². The van der Waals surface area contributed by atoms with Gasteiger partial charge in [-0.2, -0.15) is 0 Å². The number of benzene rings is 1. The van der Waals surface area contributed by atoms with Crippen LogP contribution in [0, 0.1) is 0 Å². The van der Waals surface area contributed by atoms with Gasteiger partial charge in [-0.25, -0.2) is 14.4 Å². The average molecular weight is 412 g/mol. The smallest absolute Gasteiger partial charge is 0.352 e. The fourth-order valence-electron chi connectivity index (χ4n) is 2.73. The normalized spacial score (nSPS) is 16.4. The molecule has 2 N–H and O–H groups in total. The van der Waals surface area contributed by atoms with E-state index in [-0.39, 0.29) is 33.7 Å². The second-order valence-electron chi connectivity index (χ2n) is 5.26. The number of methoxy groups -OCH3 is 1. The molecule has 1 atom stereocenters. The number of dihydropyridines is 1. The topological polar surface area (TPSA) is 102 Å². The zero-order valence-corrected chi connectivity index (χ0v) is 15.9. The van der Waals surface area contributed by atoms with Crippen LogP contribution in [0.1, 0.15) is 18.4 Å². The van der Waals surface area contributed by atoms with Gasteiger partial charge in [0, 0.05) is 6.08 Å². The molecule has 0 aliphatic carbocycles. The summed E-state index contributed by atoms with van der Waals surface area (Å²) in [6, 6.07) is 4.71. The quantitative estimate of drug-likeness (QED) is 0.547. The standard InChI is InChI=1S/C18H15Cl2NO6/c1-3-27-18(25)13-12(9-5-4-6-10(19)14(9)20)16(26-2)11(7-8-22)21-15(13)17(23)24/h4-7,12,21H,3H2,1-2H3,(H,23,24). The third-order valence-electron chi connectivity index (χ3n) is 3.77. The Labute approximate surface area is 164 Å². The van der Waals surface area contributed by atoms with E-state index >= 15 is 0 Å². The monoisotopic (exact) mass is 411 g/mol. The molecule has 0 spiro atoms. The number of carboxylic acids is 1. The van der Waals surface area contributed by atoms with E-state index in [4.69, 9.17) is 32.7 Å². The average Bonchev–Trinajstić information content (AvgIpc) is 2.63. The summed E-state index contributed by atoms with van der Waals surface area (Å²) in [4.78, 5) is 35.3. The van der Waals surface area contributed by atoms with Crippen LogP contribution in [0.5, 0.6) is 0 Å². The van der Waals surface area contributed by atoms with Crippen molar-refractivity contribution in [2.45, 2.75) is 12.8 Å². The van der Waals surface area contributed by atoms with E-state index in [0.29, 0.717) is 5.56 Å². The van der Waals surface area contributed by atoms with Crippen LogP contribution in [0.25, 0.3) is 0 Å². The molecule has 27 heavy (non-hydrogen) atoms. The summed E-state index contributed by atoms with van der Waals surface area (Å²) < 4.78 is 10.4. The molecule has 7 nitrogen and oxygen atoms in total. The predicted octanol–water partition coefficient (Wildman–Crippen LogP) is 2.83. The van der Waals surface area contributed by atoms with Crippen LogP contribution in [0.3, 0.4) is 0 Å². The van der Waals surface area contributed by atoms with Crippen LogP contribution < -0.4 is 5.32 Å². The number of esters is 1. The minimum atomic E-state index is -1.42. The lowest BCUT2D eigenvalue weighted by atomic mass is 9.84. The number of aliphatic carboxylic acids is 1. The molecular formula is C18H15Cl2NO6. The summed E-state index contributed by atoms with van der Waals surface area (Å²) in [7, 11) is 1.32. The third-order valence-corrected chi connectivity index (χ3v) is 4.60. The molecule has 1 aromatic rings. The molecule has 1 aromatic carbocycles. The van der Waals surface area contributed by atoms with Crippen molar-refractivity contribution >= 4 is 41.1 Å². The predicted molar refractivity (Wildman–Crippen MR) is 97.9 cm³/mol. The van der Waals surface area contributed by atoms with Gasteiger partial charge in [-0.3, -0.25) is 0 Å². The Morgan fingerprint density at radius 2 is 2.07 bits per heavy atom. The summed E-state index contributed by atoms with van der Waals surface area (Å²) in [5.74, 6) is -1.70. The summed E-state index contributed by atoms with van der Waals surface area (Å²) >= 11 is 12.4. The van der Waals surface area contributed by atoms with E-state index < -0.39 is 23.6 Å². The largest absolute Gasteiger partial charge is 0.498 e. The Bertz CT molecular complexity index is 899. The van der Waals surface area contributed by atoms with E-state index in [2.05, 4.69) is 5.32 Å². The highest BCUT2D eigenvalue weighted by Gasteiger charge is 2.40. The number of halogens is 2. The van der Waals surface area contributed by atoms with E-state index in [9.17, 15) is 19.5 Å². The molecule has 0 saturated carbocycles. The van der Waals surface area contributed by atoms with Gasteiger partial charge in [-0.15, -0.1) is 0 Å². The molecule has 1 unspecified atom stereocenters. The van der Waals surface area contributed by atoms with Crippen LogP contribution in [0.2, 0.25) is 10.0 Å². The van der Waals surface area contributed by atoms with E-state index in [1.807, 2.05) is 0 Å². The van der Waals surface area contributed by atoms with Crippen LogP contribution in [0.4, 0.5) is 0 Å². The Morgan fingerprint density at radius 1 is 1.37 bits per heavy atom. The van der Waals surface area contributed by atoms with Gasteiger partial charge in [0.05, 0.1) is 40.9 Å². The Kier molecular flexibility index (Phi) is 6.69. The van der Waals surface area contributed by atoms with Gasteiger partial charge in [0.1, 0.15) is 17.4 Å². The van der Waals surface area contributed by atoms with E-state index in [0.717, 1.165) is 6.08 Å². The van der Waals surface area contributed by atoms with Gasteiger partial charge in [-0.05, 0) is 18.6 Å². The number of allylic oxidation sites excluding steroid dienone is 2. The molecule has 0 aromatic heterocycles. The van der Waals surface area contributed by atoms with Gasteiger partial charge < -0.3 is 19.9 Å². The molecular weight excluding hydrogens is 397 g/mol. The minimum absolute atomic E-state index is 0.0261. The highest BCUT2D eigenvalue weighted by molar-refractivity contribution is 6.42. The van der Waals surface area contributed by atoms with Gasteiger partial charge in [0.2, 0.25) is 0 Å². The van der Waals surface area contributed by atoms with Crippen molar-refractivity contribution in [1.82, 2.24) is 5.32 Å². The number of carbonyl (C=O) groups excluding carboxylic acids is 2. The third kappa shape index (κ3) is 4.01. The van der Waals surface area contributed by atoms with Crippen molar-refractivity contribution < 1.29 is 29.0 Å². The second-order valence-corrected chi connectivity index (χ2v) is 6.04. The molecule has 2 rings (SSSR count). The molecule has 142 valence electrons. The molecule has 1 aliphatic heterocycles. The number of hydrogen-bond donors (Lipinski definition) is 2. The fourth-order valence-corrected chi connectivity index (χ4v) is 3.14. The summed E-state index contributed by atoms with van der Waals surface area (Å²) in [5.41, 5.74) is -0.342. The Balaban J connectivity index is 2.87. The molecule has 0 radical (unpaired) electrons. The fraction of sp³-hybridized carbons (Fsp3) is 0.222. The number of ether oxygens (including phenoxy) is 2. The van der Waals surface area contributed by atoms with Crippen molar-refractivity contribution in [3.63, 3.8) is 0 Å². The Morgan fingerprint density at radius 3 is 2.63 bits per heavy atom. The van der Waals surface area contributed by atoms with Gasteiger partial charge in [0.15, 0.2) is 0 Å². The highest BCUT2D eigenvalue weighted by atomic mass is 35.5. The molecule has 0 saturated heterocycles. The van der Waals surface area contributed by atoms with Crippen molar-refractivity contribution in [3.8, 4) is 0 Å². The number of nitrogens with one attached hydrogen (secondary N) is 1. The first-order chi connectivity index (χ1) is 12.9. The van der Waals surface area contributed by atoms with Gasteiger partial charge in [0.25, 0.3) is 0 Å². The van der Waals surface area contributed by atoms with Crippen LogP contribution in [-0.4, -0.2) is 36.7 Å². The maximum atomic E-state index is 12.6. The number of rotatable bonds is 6. The molecule has 0 amide bonds. The van der Waals surface area contributed by atoms with Crippen molar-refractivity contribution in [2.24, 2.45) is 0 Å². The molecule has 0 bridgehead atoms. The lowest BCUT2D eigenvalue weighted by molar-refractivity contribution is -0.140. The van der Waals surface area contributed by atoms with E-state index in [1.54, 1.807) is 31.1 Å². The van der Waals surface area contributed by atoms with Crippen LogP contribution in [0.15, 0.2) is 47.0 Å². The summed E-state index contributed by atoms with van der Waals surface area (Å²) in [6.45, 7) is 1.61. The van der Waals surface area contributed by atoms with Crippen LogP contribution in [-0.2, 0) is 23.9 Å². The van der Waals surface area contributed by atoms with E-state index in [1.165, 1.54) is 7.11 Å². The van der Waals surface area contributed by atoms with Crippen molar-refractivity contribution in [3.05, 3.63) is 62.6 Å². The highest BCUT2D eigenvalue weighted by Crippen LogP contribution is 2.43. The van der Waals surface area contributed by atoms with Crippen molar-refractivity contribution in [1.29, 1.82) is 0 Å². The molecule has 0 fully saturated rings. The maximum absolute atomic E-state index is 12.6. The number of hydrogen-bond acceptors (Lipinski definition) is 6. The van der Waals surface area contributed by atoms with Gasteiger partial charge >= 0.3 is 11.9 Å². The first-order valence-corrected chi connectivity index (χ1v) is 8.47. The lowest BCUT2D eigenvalue weighted by Gasteiger charge is -2.30. The molecule has 1 heterocycles. The Hall–Kier alpha value is -2.73. The number of carboxylic acid groups (broad SMARTS) is 1. The van der Waals surface area contributed by atoms with Crippen molar-refractivity contribution in [2.75, 3.05) is 13.7 Å². The first kappa shape index (κ1) is 20.6. The summed E-state index contributed by atoms with van der Waals surface area (Å²) in [6.07, 6.45) is 0.967. The summed E-state index contributed by atoms with van der Waals surface area (Å²) in [5, 5.41) is 12.4. The minimum Gasteiger partial charge on any atom is -0.498 e. The number of carbonyl (C=O) groups is 2. The molecule has 9 heteroatoms. The van der Waals surface area contributed by atoms with Crippen LogP contribution >= 0.6 is 23.2 Å². The lowest BCUT2D eigenvalue weighted by Crippen LogP contribution is -2.34. The zero-order chi connectivity index (χ0) is 20.1. The zero-order valence-electron chi connectivity index (χ0n) is 14.3. The second kappa shape index (κ2) is 8.77. The molecule has 1 aliphatic rings. The maximum Gasteiger partial charge on any atom is 0.352 e. The first-order valence-electron chi connectivity index (χ1n) is 7.71.